The van der Waals surface area contributed by atoms with Crippen molar-refractivity contribution in [3.05, 3.63) is 0 Å². The van der Waals surface area contributed by atoms with E-state index >= 15 is 0 Å². The number of halogens is 1. The van der Waals surface area contributed by atoms with Gasteiger partial charge in [-0.3, -0.25) is 4.90 Å². The molecule has 15 heavy (non-hydrogen) atoms. The average Bonchev–Trinajstić information content (AvgIpc) is 2.29. The van der Waals surface area contributed by atoms with Crippen LogP contribution in [0.1, 0.15) is 33.1 Å². The first kappa shape index (κ1) is 13.5. The summed E-state index contributed by atoms with van der Waals surface area (Å²) in [4.78, 5) is 5.24. The van der Waals surface area contributed by atoms with Crippen molar-refractivity contribution in [3.63, 3.8) is 0 Å². The van der Waals surface area contributed by atoms with Crippen molar-refractivity contribution in [2.24, 2.45) is 0 Å². The van der Waals surface area contributed by atoms with Crippen molar-refractivity contribution in [1.82, 2.24) is 9.80 Å². The molecule has 0 aromatic carbocycles. The van der Waals surface area contributed by atoms with Gasteiger partial charge in [0.05, 0.1) is 0 Å². The van der Waals surface area contributed by atoms with E-state index in [2.05, 4.69) is 39.6 Å². The summed E-state index contributed by atoms with van der Waals surface area (Å²) in [6, 6.07) is 0.773. The van der Waals surface area contributed by atoms with Gasteiger partial charge in [-0.2, -0.15) is 0 Å². The molecule has 0 radical (unpaired) electrons. The lowest BCUT2D eigenvalue weighted by Crippen LogP contribution is -2.49. The minimum absolute atomic E-state index is 0.773. The molecule has 1 atom stereocenters. The van der Waals surface area contributed by atoms with Crippen LogP contribution in [0.25, 0.3) is 0 Å². The van der Waals surface area contributed by atoms with Gasteiger partial charge in [-0.1, -0.05) is 22.9 Å². The fraction of sp³-hybridized carbons (Fsp3) is 1.00. The molecule has 0 spiro atoms. The summed E-state index contributed by atoms with van der Waals surface area (Å²) in [5.74, 6) is 0. The van der Waals surface area contributed by atoms with Crippen LogP contribution in [0.15, 0.2) is 0 Å². The Kier molecular flexibility index (Phi) is 6.86. The van der Waals surface area contributed by atoms with Crippen molar-refractivity contribution >= 4 is 15.9 Å². The van der Waals surface area contributed by atoms with E-state index < -0.39 is 0 Å². The summed E-state index contributed by atoms with van der Waals surface area (Å²) in [5.41, 5.74) is 0. The monoisotopic (exact) mass is 276 g/mol. The Morgan fingerprint density at radius 3 is 2.33 bits per heavy atom. The normalized spacial score (nSPS) is 21.8. The van der Waals surface area contributed by atoms with Crippen molar-refractivity contribution in [2.45, 2.75) is 39.2 Å². The van der Waals surface area contributed by atoms with Gasteiger partial charge in [0.15, 0.2) is 0 Å². The van der Waals surface area contributed by atoms with Gasteiger partial charge in [0.2, 0.25) is 0 Å². The quantitative estimate of drug-likeness (QED) is 0.544. The molecule has 0 amide bonds. The topological polar surface area (TPSA) is 6.48 Å². The Morgan fingerprint density at radius 1 is 1.13 bits per heavy atom. The average molecular weight is 277 g/mol. The first-order chi connectivity index (χ1) is 7.27. The predicted molar refractivity (Wildman–Crippen MR) is 70.8 cm³/mol. The summed E-state index contributed by atoms with van der Waals surface area (Å²) in [6.07, 6.45) is 3.93. The molecule has 90 valence electrons. The summed E-state index contributed by atoms with van der Waals surface area (Å²) >= 11 is 3.49. The number of unbranched alkanes of at least 4 members (excludes halogenated alkanes) is 1. The second-order valence-corrected chi connectivity index (χ2v) is 5.32. The van der Waals surface area contributed by atoms with E-state index in [1.54, 1.807) is 0 Å². The molecule has 1 aliphatic heterocycles. The fourth-order valence-corrected chi connectivity index (χ4v) is 2.51. The third-order valence-electron chi connectivity index (χ3n) is 3.48. The molecule has 0 aromatic rings. The van der Waals surface area contributed by atoms with Crippen LogP contribution in [0, 0.1) is 0 Å². The molecule has 0 bridgehead atoms. The van der Waals surface area contributed by atoms with Gasteiger partial charge in [-0.05, 0) is 32.7 Å². The molecule has 0 aromatic heterocycles. The molecular formula is C12H25BrN2. The molecule has 0 aliphatic carbocycles. The molecule has 1 unspecified atom stereocenters. The third-order valence-corrected chi connectivity index (χ3v) is 4.04. The standard InChI is InChI=1S/C12H25BrN2/c1-3-12(2)15-10-8-14(9-11-15)7-5-4-6-13/h12H,3-11H2,1-2H3. The number of alkyl halides is 1. The van der Waals surface area contributed by atoms with E-state index in [0.29, 0.717) is 0 Å². The largest absolute Gasteiger partial charge is 0.301 e. The first-order valence-electron chi connectivity index (χ1n) is 6.30. The minimum Gasteiger partial charge on any atom is -0.301 e. The summed E-state index contributed by atoms with van der Waals surface area (Å²) in [5, 5.41) is 1.15. The van der Waals surface area contributed by atoms with Crippen LogP contribution in [0.3, 0.4) is 0 Å². The Hall–Kier alpha value is 0.400. The van der Waals surface area contributed by atoms with Gasteiger partial charge in [0, 0.05) is 37.6 Å². The van der Waals surface area contributed by atoms with Crippen molar-refractivity contribution in [1.29, 1.82) is 0 Å². The maximum Gasteiger partial charge on any atom is 0.0113 e. The van der Waals surface area contributed by atoms with E-state index in [4.69, 9.17) is 0 Å². The minimum atomic E-state index is 0.773. The van der Waals surface area contributed by atoms with E-state index in [0.717, 1.165) is 11.4 Å². The van der Waals surface area contributed by atoms with Crippen LogP contribution in [0.5, 0.6) is 0 Å². The van der Waals surface area contributed by atoms with Gasteiger partial charge in [0.25, 0.3) is 0 Å². The lowest BCUT2D eigenvalue weighted by molar-refractivity contribution is 0.0999. The lowest BCUT2D eigenvalue weighted by atomic mass is 10.2. The molecule has 0 saturated carbocycles. The SMILES string of the molecule is CCC(C)N1CCN(CCCCBr)CC1. The van der Waals surface area contributed by atoms with E-state index in [1.807, 2.05) is 0 Å². The van der Waals surface area contributed by atoms with Crippen LogP contribution in [-0.4, -0.2) is 53.9 Å². The molecule has 2 nitrogen and oxygen atoms in total. The van der Waals surface area contributed by atoms with Crippen LogP contribution in [0.2, 0.25) is 0 Å². The second-order valence-electron chi connectivity index (χ2n) is 4.53. The van der Waals surface area contributed by atoms with E-state index in [-0.39, 0.29) is 0 Å². The van der Waals surface area contributed by atoms with Gasteiger partial charge in [-0.15, -0.1) is 0 Å². The van der Waals surface area contributed by atoms with Gasteiger partial charge >= 0.3 is 0 Å². The smallest absolute Gasteiger partial charge is 0.0113 e. The summed E-state index contributed by atoms with van der Waals surface area (Å²) < 4.78 is 0. The number of piperazine rings is 1. The zero-order valence-electron chi connectivity index (χ0n) is 10.2. The first-order valence-corrected chi connectivity index (χ1v) is 7.42. The zero-order chi connectivity index (χ0) is 11.1. The highest BCUT2D eigenvalue weighted by Crippen LogP contribution is 2.09. The highest BCUT2D eigenvalue weighted by molar-refractivity contribution is 9.09. The number of nitrogens with zero attached hydrogens (tertiary/aromatic N) is 2. The molecule has 0 N–H and O–H groups in total. The third kappa shape index (κ3) is 4.83. The highest BCUT2D eigenvalue weighted by Gasteiger charge is 2.19. The van der Waals surface area contributed by atoms with Gasteiger partial charge in [-0.25, -0.2) is 0 Å². The van der Waals surface area contributed by atoms with Gasteiger partial charge < -0.3 is 4.90 Å². The number of hydrogen-bond donors (Lipinski definition) is 0. The maximum absolute atomic E-state index is 3.49. The van der Waals surface area contributed by atoms with E-state index in [1.165, 1.54) is 52.0 Å². The van der Waals surface area contributed by atoms with Crippen LogP contribution < -0.4 is 0 Å². The van der Waals surface area contributed by atoms with Crippen LogP contribution in [-0.2, 0) is 0 Å². The molecular weight excluding hydrogens is 252 g/mol. The fourth-order valence-electron chi connectivity index (χ4n) is 2.12. The van der Waals surface area contributed by atoms with Crippen molar-refractivity contribution in [2.75, 3.05) is 38.1 Å². The van der Waals surface area contributed by atoms with Gasteiger partial charge in [0.1, 0.15) is 0 Å². The van der Waals surface area contributed by atoms with Crippen molar-refractivity contribution < 1.29 is 0 Å². The Bertz CT molecular complexity index is 156. The summed E-state index contributed by atoms with van der Waals surface area (Å²) in [6.45, 7) is 11.0. The molecule has 1 aliphatic rings. The van der Waals surface area contributed by atoms with E-state index in [9.17, 15) is 0 Å². The highest BCUT2D eigenvalue weighted by atomic mass is 79.9. The molecule has 1 heterocycles. The Balaban J connectivity index is 2.12. The molecule has 1 fully saturated rings. The van der Waals surface area contributed by atoms with Crippen molar-refractivity contribution in [3.8, 4) is 0 Å². The van der Waals surface area contributed by atoms with Crippen LogP contribution >= 0.6 is 15.9 Å². The van der Waals surface area contributed by atoms with Crippen LogP contribution in [0.4, 0.5) is 0 Å². The molecule has 1 saturated heterocycles. The second kappa shape index (κ2) is 7.64. The Morgan fingerprint density at radius 2 is 1.80 bits per heavy atom. The number of rotatable bonds is 6. The molecule has 1 rings (SSSR count). The predicted octanol–water partition coefficient (Wildman–Crippen LogP) is 2.58. The lowest BCUT2D eigenvalue weighted by Gasteiger charge is -2.37. The number of hydrogen-bond acceptors (Lipinski definition) is 2. The zero-order valence-corrected chi connectivity index (χ0v) is 11.8. The maximum atomic E-state index is 3.49. The molecule has 3 heteroatoms. The Labute approximate surface area is 103 Å². The summed E-state index contributed by atoms with van der Waals surface area (Å²) in [7, 11) is 0.